The summed E-state index contributed by atoms with van der Waals surface area (Å²) >= 11 is 0. The van der Waals surface area contributed by atoms with Crippen LogP contribution in [0.2, 0.25) is 0 Å². The Morgan fingerprint density at radius 1 is 1.35 bits per heavy atom. The summed E-state index contributed by atoms with van der Waals surface area (Å²) in [5.74, 6) is 1.11. The minimum atomic E-state index is -0.711. The summed E-state index contributed by atoms with van der Waals surface area (Å²) in [6.07, 6.45) is 4.24. The molecule has 1 N–H and O–H groups in total. The number of ether oxygens (including phenoxy) is 1. The third-order valence-electron chi connectivity index (χ3n) is 4.19. The maximum absolute atomic E-state index is 11.2. The molecule has 0 spiro atoms. The van der Waals surface area contributed by atoms with Crippen LogP contribution in [0.3, 0.4) is 0 Å². The van der Waals surface area contributed by atoms with Crippen molar-refractivity contribution in [1.29, 1.82) is 0 Å². The molecule has 0 radical (unpaired) electrons. The van der Waals surface area contributed by atoms with Crippen molar-refractivity contribution in [2.45, 2.75) is 31.3 Å². The molecule has 4 heteroatoms. The van der Waals surface area contributed by atoms with Gasteiger partial charge >= 0.3 is 0 Å². The molecule has 1 aromatic rings. The molecular formula is C16H26ClNO2. The van der Waals surface area contributed by atoms with Gasteiger partial charge in [-0.05, 0) is 44.6 Å². The van der Waals surface area contributed by atoms with Crippen LogP contribution in [-0.2, 0) is 5.60 Å². The van der Waals surface area contributed by atoms with E-state index in [4.69, 9.17) is 4.74 Å². The predicted molar refractivity (Wildman–Crippen MR) is 84.7 cm³/mol. The summed E-state index contributed by atoms with van der Waals surface area (Å²) in [5.41, 5.74) is 0.287. The van der Waals surface area contributed by atoms with Gasteiger partial charge in [-0.3, -0.25) is 0 Å². The fourth-order valence-electron chi connectivity index (χ4n) is 3.18. The Labute approximate surface area is 128 Å². The molecule has 114 valence electrons. The summed E-state index contributed by atoms with van der Waals surface area (Å²) in [5, 5.41) is 11.2. The van der Waals surface area contributed by atoms with Gasteiger partial charge in [0.05, 0.1) is 12.7 Å². The van der Waals surface area contributed by atoms with Gasteiger partial charge in [0.2, 0.25) is 0 Å². The average Bonchev–Trinajstić information content (AvgIpc) is 2.41. The molecule has 20 heavy (non-hydrogen) atoms. The predicted octanol–water partition coefficient (Wildman–Crippen LogP) is 3.06. The van der Waals surface area contributed by atoms with E-state index in [1.165, 1.54) is 6.42 Å². The first-order valence-corrected chi connectivity index (χ1v) is 7.08. The first kappa shape index (κ1) is 17.3. The highest BCUT2D eigenvalue weighted by atomic mass is 35.5. The molecule has 2 atom stereocenters. The summed E-state index contributed by atoms with van der Waals surface area (Å²) in [6, 6.07) is 7.90. The fraction of sp³-hybridized carbons (Fsp3) is 0.625. The van der Waals surface area contributed by atoms with Gasteiger partial charge in [-0.1, -0.05) is 25.0 Å². The summed E-state index contributed by atoms with van der Waals surface area (Å²) in [4.78, 5) is 2.17. The van der Waals surface area contributed by atoms with Crippen molar-refractivity contribution in [3.63, 3.8) is 0 Å². The van der Waals surface area contributed by atoms with Crippen molar-refractivity contribution in [3.8, 4) is 5.75 Å². The zero-order chi connectivity index (χ0) is 13.9. The van der Waals surface area contributed by atoms with Gasteiger partial charge in [-0.2, -0.15) is 0 Å². The third kappa shape index (κ3) is 3.66. The molecule has 1 aliphatic rings. The van der Waals surface area contributed by atoms with Gasteiger partial charge in [0.25, 0.3) is 0 Å². The summed E-state index contributed by atoms with van der Waals surface area (Å²) < 4.78 is 5.29. The van der Waals surface area contributed by atoms with Crippen LogP contribution in [0.5, 0.6) is 5.75 Å². The van der Waals surface area contributed by atoms with Crippen LogP contribution in [-0.4, -0.2) is 37.8 Å². The van der Waals surface area contributed by atoms with Crippen LogP contribution in [0.1, 0.15) is 31.2 Å². The van der Waals surface area contributed by atoms with E-state index >= 15 is 0 Å². The van der Waals surface area contributed by atoms with Crippen LogP contribution in [0.4, 0.5) is 0 Å². The Balaban J connectivity index is 0.00000200. The van der Waals surface area contributed by atoms with E-state index in [2.05, 4.69) is 19.0 Å². The second kappa shape index (κ2) is 7.30. The molecular weight excluding hydrogens is 274 g/mol. The lowest BCUT2D eigenvalue weighted by Gasteiger charge is -2.41. The van der Waals surface area contributed by atoms with Crippen LogP contribution in [0.15, 0.2) is 24.3 Å². The smallest absolute Gasteiger partial charge is 0.119 e. The Hall–Kier alpha value is -0.770. The quantitative estimate of drug-likeness (QED) is 0.927. The third-order valence-corrected chi connectivity index (χ3v) is 4.19. The number of aliphatic hydroxyl groups is 1. The highest BCUT2D eigenvalue weighted by molar-refractivity contribution is 5.85. The SMILES string of the molecule is COc1cccc([C@]2(O)CCCC[C@H]2CN(C)C)c1.Cl. The number of rotatable bonds is 4. The average molecular weight is 300 g/mol. The highest BCUT2D eigenvalue weighted by Crippen LogP contribution is 2.42. The van der Waals surface area contributed by atoms with Gasteiger partial charge in [0.1, 0.15) is 5.75 Å². The van der Waals surface area contributed by atoms with E-state index in [0.29, 0.717) is 5.92 Å². The Morgan fingerprint density at radius 3 is 2.75 bits per heavy atom. The van der Waals surface area contributed by atoms with E-state index < -0.39 is 5.60 Å². The second-order valence-electron chi connectivity index (χ2n) is 5.86. The molecule has 0 aromatic heterocycles. The number of halogens is 1. The van der Waals surface area contributed by atoms with Crippen molar-refractivity contribution in [2.75, 3.05) is 27.7 Å². The van der Waals surface area contributed by atoms with E-state index in [-0.39, 0.29) is 12.4 Å². The number of benzene rings is 1. The molecule has 0 heterocycles. The minimum Gasteiger partial charge on any atom is -0.497 e. The topological polar surface area (TPSA) is 32.7 Å². The van der Waals surface area contributed by atoms with Crippen molar-refractivity contribution < 1.29 is 9.84 Å². The van der Waals surface area contributed by atoms with Gasteiger partial charge in [-0.15, -0.1) is 12.4 Å². The van der Waals surface area contributed by atoms with Crippen molar-refractivity contribution >= 4 is 12.4 Å². The largest absolute Gasteiger partial charge is 0.497 e. The van der Waals surface area contributed by atoms with Crippen LogP contribution < -0.4 is 4.74 Å². The first-order chi connectivity index (χ1) is 9.06. The number of hydrogen-bond donors (Lipinski definition) is 1. The standard InChI is InChI=1S/C16H25NO2.ClH/c1-17(2)12-14-7-4-5-10-16(14,18)13-8-6-9-15(11-13)19-3;/h6,8-9,11,14,18H,4-5,7,10,12H2,1-3H3;1H/t14-,16+;/m0./s1. The summed E-state index contributed by atoms with van der Waals surface area (Å²) in [6.45, 7) is 0.924. The van der Waals surface area contributed by atoms with E-state index in [9.17, 15) is 5.11 Å². The van der Waals surface area contributed by atoms with Gasteiger partial charge in [-0.25, -0.2) is 0 Å². The van der Waals surface area contributed by atoms with Crippen molar-refractivity contribution in [2.24, 2.45) is 5.92 Å². The lowest BCUT2D eigenvalue weighted by molar-refractivity contribution is -0.0619. The van der Waals surface area contributed by atoms with Crippen molar-refractivity contribution in [1.82, 2.24) is 4.90 Å². The van der Waals surface area contributed by atoms with Crippen LogP contribution >= 0.6 is 12.4 Å². The molecule has 0 saturated heterocycles. The molecule has 2 rings (SSSR count). The van der Waals surface area contributed by atoms with E-state index in [1.807, 2.05) is 24.3 Å². The Morgan fingerprint density at radius 2 is 2.10 bits per heavy atom. The molecule has 0 amide bonds. The molecule has 0 bridgehead atoms. The van der Waals surface area contributed by atoms with Crippen LogP contribution in [0.25, 0.3) is 0 Å². The Kier molecular flexibility index (Phi) is 6.31. The molecule has 3 nitrogen and oxygen atoms in total. The molecule has 0 aliphatic heterocycles. The van der Waals surface area contributed by atoms with E-state index in [0.717, 1.165) is 37.1 Å². The van der Waals surface area contributed by atoms with Gasteiger partial charge < -0.3 is 14.7 Å². The molecule has 1 aromatic carbocycles. The maximum Gasteiger partial charge on any atom is 0.119 e. The normalized spacial score (nSPS) is 26.1. The number of hydrogen-bond acceptors (Lipinski definition) is 3. The van der Waals surface area contributed by atoms with Gasteiger partial charge in [0, 0.05) is 12.5 Å². The number of methoxy groups -OCH3 is 1. The minimum absolute atomic E-state index is 0. The molecule has 1 fully saturated rings. The van der Waals surface area contributed by atoms with Gasteiger partial charge in [0.15, 0.2) is 0 Å². The fourth-order valence-corrected chi connectivity index (χ4v) is 3.18. The second-order valence-corrected chi connectivity index (χ2v) is 5.86. The zero-order valence-corrected chi connectivity index (χ0v) is 13.4. The van der Waals surface area contributed by atoms with E-state index in [1.54, 1.807) is 7.11 Å². The molecule has 0 unspecified atom stereocenters. The first-order valence-electron chi connectivity index (χ1n) is 7.08. The van der Waals surface area contributed by atoms with Crippen molar-refractivity contribution in [3.05, 3.63) is 29.8 Å². The maximum atomic E-state index is 11.2. The Bertz CT molecular complexity index is 425. The number of nitrogens with zero attached hydrogens (tertiary/aromatic N) is 1. The van der Waals surface area contributed by atoms with Crippen LogP contribution in [0, 0.1) is 5.92 Å². The lowest BCUT2D eigenvalue weighted by atomic mass is 9.71. The summed E-state index contributed by atoms with van der Waals surface area (Å²) in [7, 11) is 5.81. The highest BCUT2D eigenvalue weighted by Gasteiger charge is 2.40. The molecule has 1 aliphatic carbocycles. The molecule has 1 saturated carbocycles. The monoisotopic (exact) mass is 299 g/mol. The lowest BCUT2D eigenvalue weighted by Crippen LogP contribution is -2.43. The zero-order valence-electron chi connectivity index (χ0n) is 12.6.